The molecule has 1 fully saturated rings. The Morgan fingerprint density at radius 2 is 1.81 bits per heavy atom. The lowest BCUT2D eigenvalue weighted by atomic mass is 9.64. The Kier molecular flexibility index (Phi) is 6.56. The molecule has 0 heterocycles. The van der Waals surface area contributed by atoms with Crippen LogP contribution in [0.15, 0.2) is 18.2 Å². The van der Waals surface area contributed by atoms with Gasteiger partial charge < -0.3 is 19.9 Å². The molecule has 1 aromatic carbocycles. The van der Waals surface area contributed by atoms with E-state index in [0.29, 0.717) is 18.8 Å². The third-order valence-electron chi connectivity index (χ3n) is 5.22. The van der Waals surface area contributed by atoms with Crippen molar-refractivity contribution in [2.75, 3.05) is 20.8 Å². The molecule has 1 saturated carbocycles. The number of rotatable bonds is 7. The van der Waals surface area contributed by atoms with Crippen LogP contribution in [0.5, 0.6) is 11.5 Å². The lowest BCUT2D eigenvalue weighted by Gasteiger charge is -2.47. The van der Waals surface area contributed by atoms with E-state index in [-0.39, 0.29) is 17.9 Å². The number of aliphatic hydroxyl groups is 1. The summed E-state index contributed by atoms with van der Waals surface area (Å²) in [5, 5.41) is 13.2. The van der Waals surface area contributed by atoms with Crippen molar-refractivity contribution >= 4 is 5.91 Å². The van der Waals surface area contributed by atoms with Gasteiger partial charge in [-0.15, -0.1) is 0 Å². The molecule has 1 amide bonds. The first-order valence-corrected chi connectivity index (χ1v) is 9.35. The zero-order chi connectivity index (χ0) is 19.4. The van der Waals surface area contributed by atoms with Crippen molar-refractivity contribution in [1.82, 2.24) is 5.32 Å². The lowest BCUT2D eigenvalue weighted by molar-refractivity contribution is -0.125. The van der Waals surface area contributed by atoms with Crippen molar-refractivity contribution in [3.63, 3.8) is 0 Å². The SMILES string of the molecule is COc1cc(CCC(=O)NC2(CO)CC(C)CC(C)(C)C2)cc(OC)c1. The van der Waals surface area contributed by atoms with Gasteiger partial charge in [0, 0.05) is 12.5 Å². The smallest absolute Gasteiger partial charge is 0.220 e. The maximum absolute atomic E-state index is 12.6. The van der Waals surface area contributed by atoms with E-state index in [2.05, 4.69) is 26.1 Å². The summed E-state index contributed by atoms with van der Waals surface area (Å²) in [6.07, 6.45) is 3.71. The minimum atomic E-state index is -0.510. The van der Waals surface area contributed by atoms with E-state index in [1.807, 2.05) is 18.2 Å². The topological polar surface area (TPSA) is 67.8 Å². The Bertz CT molecular complexity index is 606. The number of nitrogens with one attached hydrogen (secondary N) is 1. The minimum absolute atomic E-state index is 0.0144. The van der Waals surface area contributed by atoms with Gasteiger partial charge in [-0.3, -0.25) is 4.79 Å². The largest absolute Gasteiger partial charge is 0.497 e. The number of hydrogen-bond donors (Lipinski definition) is 2. The van der Waals surface area contributed by atoms with Crippen LogP contribution < -0.4 is 14.8 Å². The predicted molar refractivity (Wildman–Crippen MR) is 103 cm³/mol. The summed E-state index contributed by atoms with van der Waals surface area (Å²) in [5.41, 5.74) is 0.602. The Balaban J connectivity index is 2.01. The summed E-state index contributed by atoms with van der Waals surface area (Å²) < 4.78 is 10.6. The van der Waals surface area contributed by atoms with E-state index < -0.39 is 5.54 Å². The monoisotopic (exact) mass is 363 g/mol. The number of aliphatic hydroxyl groups excluding tert-OH is 1. The molecule has 5 nitrogen and oxygen atoms in total. The molecule has 0 radical (unpaired) electrons. The van der Waals surface area contributed by atoms with Crippen LogP contribution in [0.4, 0.5) is 0 Å². The number of carbonyl (C=O) groups is 1. The van der Waals surface area contributed by atoms with Crippen LogP contribution in [0, 0.1) is 11.3 Å². The summed E-state index contributed by atoms with van der Waals surface area (Å²) in [4.78, 5) is 12.6. The van der Waals surface area contributed by atoms with Crippen molar-refractivity contribution in [2.45, 2.75) is 58.4 Å². The first kappa shape index (κ1) is 20.6. The maximum atomic E-state index is 12.6. The Labute approximate surface area is 157 Å². The van der Waals surface area contributed by atoms with E-state index in [9.17, 15) is 9.90 Å². The van der Waals surface area contributed by atoms with Gasteiger partial charge in [0.05, 0.1) is 26.4 Å². The van der Waals surface area contributed by atoms with Crippen molar-refractivity contribution in [1.29, 1.82) is 0 Å². The molecule has 0 bridgehead atoms. The fraction of sp³-hybridized carbons (Fsp3) is 0.667. The molecule has 1 aliphatic rings. The number of methoxy groups -OCH3 is 2. The quantitative estimate of drug-likeness (QED) is 0.780. The van der Waals surface area contributed by atoms with Gasteiger partial charge in [0.1, 0.15) is 11.5 Å². The van der Waals surface area contributed by atoms with E-state index in [0.717, 1.165) is 36.3 Å². The molecule has 0 spiro atoms. The molecule has 2 N–H and O–H groups in total. The number of carbonyl (C=O) groups excluding carboxylic acids is 1. The van der Waals surface area contributed by atoms with Crippen LogP contribution in [0.1, 0.15) is 52.0 Å². The van der Waals surface area contributed by atoms with Gasteiger partial charge in [-0.2, -0.15) is 0 Å². The molecule has 0 saturated heterocycles. The zero-order valence-electron chi connectivity index (χ0n) is 16.7. The predicted octanol–water partition coefficient (Wildman–Crippen LogP) is 3.33. The van der Waals surface area contributed by atoms with Crippen LogP contribution in [-0.2, 0) is 11.2 Å². The van der Waals surface area contributed by atoms with Crippen molar-refractivity contribution in [3.05, 3.63) is 23.8 Å². The molecule has 1 aliphatic carbocycles. The number of amides is 1. The van der Waals surface area contributed by atoms with E-state index in [4.69, 9.17) is 9.47 Å². The Hall–Kier alpha value is -1.75. The highest BCUT2D eigenvalue weighted by Gasteiger charge is 2.43. The van der Waals surface area contributed by atoms with Gasteiger partial charge >= 0.3 is 0 Å². The molecule has 5 heteroatoms. The van der Waals surface area contributed by atoms with E-state index in [1.54, 1.807) is 14.2 Å². The number of benzene rings is 1. The lowest BCUT2D eigenvalue weighted by Crippen LogP contribution is -2.57. The molecular weight excluding hydrogens is 330 g/mol. The van der Waals surface area contributed by atoms with Gasteiger partial charge in [-0.25, -0.2) is 0 Å². The summed E-state index contributed by atoms with van der Waals surface area (Å²) in [5.74, 6) is 1.89. The number of aryl methyl sites for hydroxylation is 1. The maximum Gasteiger partial charge on any atom is 0.220 e. The number of ether oxygens (including phenoxy) is 2. The average molecular weight is 363 g/mol. The molecule has 0 aliphatic heterocycles. The van der Waals surface area contributed by atoms with Crippen LogP contribution in [0.3, 0.4) is 0 Å². The second-order valence-corrected chi connectivity index (χ2v) is 8.56. The van der Waals surface area contributed by atoms with Crippen LogP contribution >= 0.6 is 0 Å². The highest BCUT2D eigenvalue weighted by Crippen LogP contribution is 2.43. The summed E-state index contributed by atoms with van der Waals surface area (Å²) in [6.45, 7) is 6.60. The van der Waals surface area contributed by atoms with E-state index >= 15 is 0 Å². The molecule has 2 rings (SSSR count). The molecule has 2 atom stereocenters. The average Bonchev–Trinajstić information content (AvgIpc) is 2.57. The van der Waals surface area contributed by atoms with Crippen LogP contribution in [-0.4, -0.2) is 37.4 Å². The zero-order valence-corrected chi connectivity index (χ0v) is 16.7. The summed E-state index contributed by atoms with van der Waals surface area (Å²) in [7, 11) is 3.23. The van der Waals surface area contributed by atoms with Crippen LogP contribution in [0.25, 0.3) is 0 Å². The van der Waals surface area contributed by atoms with E-state index in [1.165, 1.54) is 0 Å². The fourth-order valence-electron chi connectivity index (χ4n) is 4.62. The highest BCUT2D eigenvalue weighted by molar-refractivity contribution is 5.77. The summed E-state index contributed by atoms with van der Waals surface area (Å²) >= 11 is 0. The highest BCUT2D eigenvalue weighted by atomic mass is 16.5. The van der Waals surface area contributed by atoms with Gasteiger partial charge in [0.25, 0.3) is 0 Å². The molecule has 1 aromatic rings. The number of hydrogen-bond acceptors (Lipinski definition) is 4. The molecular formula is C21H33NO4. The Morgan fingerprint density at radius 1 is 1.19 bits per heavy atom. The summed E-state index contributed by atoms with van der Waals surface area (Å²) in [6, 6.07) is 5.66. The standard InChI is InChI=1S/C21H33NO4/c1-15-11-20(2,3)13-21(12-15,14-23)22-19(24)7-6-16-8-17(25-4)10-18(9-16)26-5/h8-10,15,23H,6-7,11-14H2,1-5H3,(H,22,24). The Morgan fingerprint density at radius 3 is 2.31 bits per heavy atom. The van der Waals surface area contributed by atoms with Gasteiger partial charge in [-0.1, -0.05) is 20.8 Å². The molecule has 146 valence electrons. The van der Waals surface area contributed by atoms with Gasteiger partial charge in [-0.05, 0) is 54.7 Å². The van der Waals surface area contributed by atoms with Gasteiger partial charge in [0.2, 0.25) is 5.91 Å². The molecule has 2 unspecified atom stereocenters. The minimum Gasteiger partial charge on any atom is -0.497 e. The molecule has 26 heavy (non-hydrogen) atoms. The van der Waals surface area contributed by atoms with Crippen molar-refractivity contribution < 1.29 is 19.4 Å². The van der Waals surface area contributed by atoms with Crippen molar-refractivity contribution in [2.24, 2.45) is 11.3 Å². The molecule has 0 aromatic heterocycles. The van der Waals surface area contributed by atoms with Gasteiger partial charge in [0.15, 0.2) is 0 Å². The second-order valence-electron chi connectivity index (χ2n) is 8.56. The second kappa shape index (κ2) is 8.30. The third-order valence-corrected chi connectivity index (χ3v) is 5.22. The third kappa shape index (κ3) is 5.37. The van der Waals surface area contributed by atoms with Crippen molar-refractivity contribution in [3.8, 4) is 11.5 Å². The first-order chi connectivity index (χ1) is 12.2. The van der Waals surface area contributed by atoms with Crippen LogP contribution in [0.2, 0.25) is 0 Å². The fourth-order valence-corrected chi connectivity index (χ4v) is 4.62. The first-order valence-electron chi connectivity index (χ1n) is 9.35. The normalized spacial score (nSPS) is 24.8.